The second-order valence-electron chi connectivity index (χ2n) is 5.10. The van der Waals surface area contributed by atoms with Gasteiger partial charge >= 0.3 is 0 Å². The Morgan fingerprint density at radius 2 is 1.85 bits per heavy atom. The number of aliphatic hydroxyl groups is 1. The topological polar surface area (TPSA) is 29.5 Å². The van der Waals surface area contributed by atoms with E-state index in [2.05, 4.69) is 0 Å². The summed E-state index contributed by atoms with van der Waals surface area (Å²) in [6.07, 6.45) is 0.421. The normalized spacial score (nSPS) is 14.0. The van der Waals surface area contributed by atoms with Gasteiger partial charge in [0.25, 0.3) is 0 Å². The Kier molecular flexibility index (Phi) is 4.81. The van der Waals surface area contributed by atoms with Crippen LogP contribution in [0, 0.1) is 6.92 Å². The Morgan fingerprint density at radius 1 is 1.15 bits per heavy atom. The molecule has 0 heterocycles. The first-order valence-corrected chi connectivity index (χ1v) is 6.95. The maximum atomic E-state index is 10.9. The van der Waals surface area contributed by atoms with E-state index < -0.39 is 5.60 Å². The van der Waals surface area contributed by atoms with E-state index in [4.69, 9.17) is 16.3 Å². The average Bonchev–Trinajstić information content (AvgIpc) is 2.43. The average molecular weight is 291 g/mol. The second-order valence-corrected chi connectivity index (χ2v) is 5.51. The van der Waals surface area contributed by atoms with Gasteiger partial charge in [0, 0.05) is 18.6 Å². The fourth-order valence-electron chi connectivity index (χ4n) is 2.33. The third-order valence-corrected chi connectivity index (χ3v) is 3.74. The largest absolute Gasteiger partial charge is 0.382 e. The van der Waals surface area contributed by atoms with E-state index in [-0.39, 0.29) is 6.61 Å². The van der Waals surface area contributed by atoms with Gasteiger partial charge < -0.3 is 9.84 Å². The maximum Gasteiger partial charge on any atom is 0.117 e. The Balaban J connectivity index is 2.34. The number of hydrogen-bond donors (Lipinski definition) is 1. The zero-order valence-corrected chi connectivity index (χ0v) is 12.5. The van der Waals surface area contributed by atoms with Crippen LogP contribution in [0.25, 0.3) is 0 Å². The molecule has 3 heteroatoms. The lowest BCUT2D eigenvalue weighted by atomic mass is 9.87. The third kappa shape index (κ3) is 3.40. The standard InChI is InChI=1S/C17H19ClO2/c1-13-8-9-14(16(18)10-13)11-17(19,12-20-2)15-6-4-3-5-7-15/h3-10,19H,11-12H2,1-2H3. The molecule has 2 aromatic carbocycles. The van der Waals surface area contributed by atoms with Crippen LogP contribution in [-0.2, 0) is 16.8 Å². The van der Waals surface area contributed by atoms with Crippen molar-refractivity contribution in [3.8, 4) is 0 Å². The lowest BCUT2D eigenvalue weighted by Gasteiger charge is -2.28. The number of aryl methyl sites for hydroxylation is 1. The third-order valence-electron chi connectivity index (χ3n) is 3.39. The van der Waals surface area contributed by atoms with Gasteiger partial charge in [-0.3, -0.25) is 0 Å². The smallest absolute Gasteiger partial charge is 0.117 e. The first-order chi connectivity index (χ1) is 9.55. The van der Waals surface area contributed by atoms with Crippen LogP contribution in [0.1, 0.15) is 16.7 Å². The van der Waals surface area contributed by atoms with Crippen LogP contribution >= 0.6 is 11.6 Å². The Labute approximate surface area is 125 Å². The molecule has 1 N–H and O–H groups in total. The van der Waals surface area contributed by atoms with Gasteiger partial charge in [-0.1, -0.05) is 54.1 Å². The molecule has 1 atom stereocenters. The molecule has 106 valence electrons. The minimum Gasteiger partial charge on any atom is -0.382 e. The lowest BCUT2D eigenvalue weighted by Crippen LogP contribution is -2.33. The van der Waals surface area contributed by atoms with Crippen molar-refractivity contribution in [1.82, 2.24) is 0 Å². The van der Waals surface area contributed by atoms with Crippen LogP contribution in [0.3, 0.4) is 0 Å². The number of ether oxygens (including phenoxy) is 1. The van der Waals surface area contributed by atoms with Gasteiger partial charge in [-0.2, -0.15) is 0 Å². The van der Waals surface area contributed by atoms with E-state index in [1.165, 1.54) is 0 Å². The van der Waals surface area contributed by atoms with Gasteiger partial charge in [0.15, 0.2) is 0 Å². The minimum absolute atomic E-state index is 0.223. The summed E-state index contributed by atoms with van der Waals surface area (Å²) >= 11 is 6.27. The van der Waals surface area contributed by atoms with Crippen LogP contribution in [0.15, 0.2) is 48.5 Å². The molecule has 0 spiro atoms. The van der Waals surface area contributed by atoms with Gasteiger partial charge in [-0.05, 0) is 29.7 Å². The molecule has 2 aromatic rings. The fourth-order valence-corrected chi connectivity index (χ4v) is 2.64. The van der Waals surface area contributed by atoms with Crippen LogP contribution < -0.4 is 0 Å². The zero-order chi connectivity index (χ0) is 14.6. The molecule has 20 heavy (non-hydrogen) atoms. The van der Waals surface area contributed by atoms with E-state index in [0.717, 1.165) is 16.7 Å². The minimum atomic E-state index is -1.07. The number of halogens is 1. The summed E-state index contributed by atoms with van der Waals surface area (Å²) in [4.78, 5) is 0. The molecule has 0 saturated heterocycles. The van der Waals surface area contributed by atoms with Crippen molar-refractivity contribution in [3.63, 3.8) is 0 Å². The monoisotopic (exact) mass is 290 g/mol. The molecule has 0 amide bonds. The molecule has 0 aliphatic rings. The first-order valence-electron chi connectivity index (χ1n) is 6.57. The van der Waals surface area contributed by atoms with E-state index in [1.807, 2.05) is 55.5 Å². The molecule has 0 aliphatic heterocycles. The summed E-state index contributed by atoms with van der Waals surface area (Å²) in [6.45, 7) is 2.22. The van der Waals surface area contributed by atoms with Gasteiger partial charge in [0.1, 0.15) is 5.60 Å². The van der Waals surface area contributed by atoms with Gasteiger partial charge in [-0.25, -0.2) is 0 Å². The molecule has 2 rings (SSSR count). The summed E-state index contributed by atoms with van der Waals surface area (Å²) in [5.74, 6) is 0. The molecule has 2 nitrogen and oxygen atoms in total. The van der Waals surface area contributed by atoms with E-state index in [0.29, 0.717) is 11.4 Å². The van der Waals surface area contributed by atoms with Gasteiger partial charge in [0.2, 0.25) is 0 Å². The van der Waals surface area contributed by atoms with Crippen LogP contribution in [-0.4, -0.2) is 18.8 Å². The summed E-state index contributed by atoms with van der Waals surface area (Å²) in [7, 11) is 1.59. The van der Waals surface area contributed by atoms with Crippen LogP contribution in [0.5, 0.6) is 0 Å². The number of benzene rings is 2. The Morgan fingerprint density at radius 3 is 2.45 bits per heavy atom. The zero-order valence-electron chi connectivity index (χ0n) is 11.8. The van der Waals surface area contributed by atoms with Crippen molar-refractivity contribution in [2.75, 3.05) is 13.7 Å². The first kappa shape index (κ1) is 15.0. The van der Waals surface area contributed by atoms with Crippen molar-refractivity contribution in [1.29, 1.82) is 0 Å². The SMILES string of the molecule is COCC(O)(Cc1ccc(C)cc1Cl)c1ccccc1. The van der Waals surface area contributed by atoms with Crippen molar-refractivity contribution in [3.05, 3.63) is 70.2 Å². The Hall–Kier alpha value is -1.35. The predicted octanol–water partition coefficient (Wildman–Crippen LogP) is 3.73. The summed E-state index contributed by atoms with van der Waals surface area (Å²) < 4.78 is 5.20. The lowest BCUT2D eigenvalue weighted by molar-refractivity contribution is -0.0355. The molecule has 0 saturated carbocycles. The highest BCUT2D eigenvalue weighted by atomic mass is 35.5. The molecule has 0 radical (unpaired) electrons. The van der Waals surface area contributed by atoms with Crippen molar-refractivity contribution >= 4 is 11.6 Å². The summed E-state index contributed by atoms with van der Waals surface area (Å²) in [5, 5.41) is 11.6. The van der Waals surface area contributed by atoms with Gasteiger partial charge in [-0.15, -0.1) is 0 Å². The maximum absolute atomic E-state index is 10.9. The van der Waals surface area contributed by atoms with Gasteiger partial charge in [0.05, 0.1) is 6.61 Å². The molecule has 0 bridgehead atoms. The van der Waals surface area contributed by atoms with E-state index in [9.17, 15) is 5.11 Å². The van der Waals surface area contributed by atoms with Crippen molar-refractivity contribution in [2.24, 2.45) is 0 Å². The highest BCUT2D eigenvalue weighted by molar-refractivity contribution is 6.31. The summed E-state index contributed by atoms with van der Waals surface area (Å²) in [6, 6.07) is 15.4. The number of rotatable bonds is 5. The van der Waals surface area contributed by atoms with Crippen LogP contribution in [0.4, 0.5) is 0 Å². The van der Waals surface area contributed by atoms with Crippen molar-refractivity contribution < 1.29 is 9.84 Å². The number of methoxy groups -OCH3 is 1. The van der Waals surface area contributed by atoms with E-state index >= 15 is 0 Å². The Bertz CT molecular complexity index is 568. The predicted molar refractivity (Wildman–Crippen MR) is 82.1 cm³/mol. The van der Waals surface area contributed by atoms with Crippen LogP contribution in [0.2, 0.25) is 5.02 Å². The highest BCUT2D eigenvalue weighted by Crippen LogP contribution is 2.29. The summed E-state index contributed by atoms with van der Waals surface area (Å²) in [5.41, 5.74) is 1.78. The fraction of sp³-hybridized carbons (Fsp3) is 0.294. The van der Waals surface area contributed by atoms with E-state index in [1.54, 1.807) is 7.11 Å². The second kappa shape index (κ2) is 6.40. The molecule has 0 aromatic heterocycles. The molecular weight excluding hydrogens is 272 g/mol. The van der Waals surface area contributed by atoms with Crippen molar-refractivity contribution in [2.45, 2.75) is 18.9 Å². The molecule has 0 aliphatic carbocycles. The highest BCUT2D eigenvalue weighted by Gasteiger charge is 2.30. The quantitative estimate of drug-likeness (QED) is 0.909. The molecule has 1 unspecified atom stereocenters. The molecule has 0 fully saturated rings. The number of hydrogen-bond acceptors (Lipinski definition) is 2. The molecular formula is C17H19ClO2.